The van der Waals surface area contributed by atoms with E-state index in [-0.39, 0.29) is 5.97 Å². The van der Waals surface area contributed by atoms with Gasteiger partial charge in [0.15, 0.2) is 5.11 Å². The average Bonchev–Trinajstić information content (AvgIpc) is 3.25. The number of carbonyl (C=O) groups excluding carboxylic acids is 1. The van der Waals surface area contributed by atoms with E-state index in [0.717, 1.165) is 48.2 Å². The molecule has 1 aliphatic heterocycles. The van der Waals surface area contributed by atoms with E-state index in [4.69, 9.17) is 17.0 Å². The molecule has 0 radical (unpaired) electrons. The summed E-state index contributed by atoms with van der Waals surface area (Å²) in [5.74, 6) is -0.329. The predicted octanol–water partition coefficient (Wildman–Crippen LogP) is 5.41. The van der Waals surface area contributed by atoms with Crippen LogP contribution in [0.15, 0.2) is 60.7 Å². The first kappa shape index (κ1) is 23.4. The Hall–Kier alpha value is -2.74. The molecular formula is C26H29N3O2S2. The number of hydrogen-bond acceptors (Lipinski definition) is 5. The highest BCUT2D eigenvalue weighted by molar-refractivity contribution is 7.80. The van der Waals surface area contributed by atoms with Crippen LogP contribution in [0.4, 0.5) is 5.00 Å². The number of thiocarbonyl (C=S) groups is 1. The quantitative estimate of drug-likeness (QED) is 0.377. The second kappa shape index (κ2) is 10.9. The molecule has 0 saturated carbocycles. The standard InChI is InChI=1S/C26H29N3O2S2/c1-3-31-25(30)22-17-23(21-7-5-4-6-8-21)33-24(22)27-26(32)29-15-13-28(14-16-29)18-20-11-9-19(2)10-12-20/h4-12,17H,3,13-16,18H2,1-2H3,(H,27,32). The number of anilines is 1. The lowest BCUT2D eigenvalue weighted by Gasteiger charge is -2.36. The Morgan fingerprint density at radius 3 is 2.42 bits per heavy atom. The second-order valence-corrected chi connectivity index (χ2v) is 9.56. The number of nitrogens with zero attached hydrogens (tertiary/aromatic N) is 2. The van der Waals surface area contributed by atoms with Crippen LogP contribution in [0.2, 0.25) is 0 Å². The number of hydrogen-bond donors (Lipinski definition) is 1. The smallest absolute Gasteiger partial charge is 0.341 e. The van der Waals surface area contributed by atoms with Gasteiger partial charge < -0.3 is 15.0 Å². The van der Waals surface area contributed by atoms with Gasteiger partial charge in [-0.15, -0.1) is 11.3 Å². The molecule has 2 aromatic carbocycles. The number of esters is 1. The number of carbonyl (C=O) groups is 1. The van der Waals surface area contributed by atoms with Crippen molar-refractivity contribution in [2.75, 3.05) is 38.1 Å². The van der Waals surface area contributed by atoms with Crippen LogP contribution in [-0.2, 0) is 11.3 Å². The van der Waals surface area contributed by atoms with Crippen LogP contribution < -0.4 is 5.32 Å². The molecule has 172 valence electrons. The molecule has 5 nitrogen and oxygen atoms in total. The zero-order valence-corrected chi connectivity index (χ0v) is 20.7. The molecular weight excluding hydrogens is 450 g/mol. The third kappa shape index (κ3) is 5.99. The molecule has 0 atom stereocenters. The molecule has 0 unspecified atom stereocenters. The van der Waals surface area contributed by atoms with Crippen molar-refractivity contribution in [3.05, 3.63) is 77.4 Å². The predicted molar refractivity (Wildman–Crippen MR) is 140 cm³/mol. The number of rotatable bonds is 6. The second-order valence-electron chi connectivity index (χ2n) is 8.12. The zero-order chi connectivity index (χ0) is 23.2. The van der Waals surface area contributed by atoms with Gasteiger partial charge in [0.1, 0.15) is 5.00 Å². The fourth-order valence-corrected chi connectivity index (χ4v) is 5.23. The van der Waals surface area contributed by atoms with Gasteiger partial charge in [0.05, 0.1) is 12.2 Å². The van der Waals surface area contributed by atoms with Crippen LogP contribution in [0, 0.1) is 6.92 Å². The molecule has 1 aromatic heterocycles. The van der Waals surface area contributed by atoms with Crippen LogP contribution in [0.25, 0.3) is 10.4 Å². The molecule has 1 saturated heterocycles. The van der Waals surface area contributed by atoms with Crippen molar-refractivity contribution in [3.8, 4) is 10.4 Å². The zero-order valence-electron chi connectivity index (χ0n) is 19.0. The summed E-state index contributed by atoms with van der Waals surface area (Å²) in [5, 5.41) is 4.72. The highest BCUT2D eigenvalue weighted by Crippen LogP contribution is 2.36. The minimum absolute atomic E-state index is 0.329. The fourth-order valence-electron chi connectivity index (χ4n) is 3.83. The van der Waals surface area contributed by atoms with Crippen LogP contribution in [0.3, 0.4) is 0 Å². The van der Waals surface area contributed by atoms with E-state index < -0.39 is 0 Å². The van der Waals surface area contributed by atoms with Gasteiger partial charge in [-0.3, -0.25) is 4.90 Å². The molecule has 1 aliphatic rings. The normalized spacial score (nSPS) is 14.2. The van der Waals surface area contributed by atoms with E-state index >= 15 is 0 Å². The number of nitrogens with one attached hydrogen (secondary N) is 1. The number of piperazine rings is 1. The largest absolute Gasteiger partial charge is 0.462 e. The van der Waals surface area contributed by atoms with Gasteiger partial charge in [-0.1, -0.05) is 60.2 Å². The van der Waals surface area contributed by atoms with E-state index in [9.17, 15) is 4.79 Å². The van der Waals surface area contributed by atoms with Crippen LogP contribution in [0.1, 0.15) is 28.4 Å². The summed E-state index contributed by atoms with van der Waals surface area (Å²) in [7, 11) is 0. The third-order valence-corrected chi connectivity index (χ3v) is 7.15. The van der Waals surface area contributed by atoms with Crippen LogP contribution in [-0.4, -0.2) is 53.7 Å². The van der Waals surface area contributed by atoms with Crippen LogP contribution >= 0.6 is 23.6 Å². The molecule has 0 amide bonds. The number of thiophene rings is 1. The van der Waals surface area contributed by atoms with Crippen molar-refractivity contribution < 1.29 is 9.53 Å². The van der Waals surface area contributed by atoms with Gasteiger partial charge >= 0.3 is 5.97 Å². The SMILES string of the molecule is CCOC(=O)c1cc(-c2ccccc2)sc1NC(=S)N1CCN(Cc2ccc(C)cc2)CC1. The van der Waals surface area contributed by atoms with Crippen molar-refractivity contribution >= 4 is 39.6 Å². The van der Waals surface area contributed by atoms with Crippen molar-refractivity contribution in [1.29, 1.82) is 0 Å². The number of benzene rings is 2. The first-order chi connectivity index (χ1) is 16.0. The maximum Gasteiger partial charge on any atom is 0.341 e. The minimum atomic E-state index is -0.329. The first-order valence-corrected chi connectivity index (χ1v) is 12.5. The molecule has 1 fully saturated rings. The summed E-state index contributed by atoms with van der Waals surface area (Å²) >= 11 is 7.25. The minimum Gasteiger partial charge on any atom is -0.462 e. The Balaban J connectivity index is 1.41. The Labute approximate surface area is 205 Å². The average molecular weight is 480 g/mol. The lowest BCUT2D eigenvalue weighted by Crippen LogP contribution is -2.49. The van der Waals surface area contributed by atoms with Gasteiger partial charge in [0.2, 0.25) is 0 Å². The van der Waals surface area contributed by atoms with Gasteiger partial charge in [0, 0.05) is 37.6 Å². The molecule has 7 heteroatoms. The topological polar surface area (TPSA) is 44.8 Å². The molecule has 33 heavy (non-hydrogen) atoms. The Bertz CT molecular complexity index is 1090. The lowest BCUT2D eigenvalue weighted by molar-refractivity contribution is 0.0528. The summed E-state index contributed by atoms with van der Waals surface area (Å²) in [4.78, 5) is 18.2. The van der Waals surface area contributed by atoms with Gasteiger partial charge in [-0.05, 0) is 43.3 Å². The summed E-state index contributed by atoms with van der Waals surface area (Å²) < 4.78 is 5.29. The molecule has 1 N–H and O–H groups in total. The monoisotopic (exact) mass is 479 g/mol. The van der Waals surface area contributed by atoms with E-state index in [2.05, 4.69) is 46.3 Å². The maximum atomic E-state index is 12.6. The molecule has 0 bridgehead atoms. The highest BCUT2D eigenvalue weighted by atomic mass is 32.1. The van der Waals surface area contributed by atoms with E-state index in [1.807, 2.05) is 43.3 Å². The Morgan fingerprint density at radius 1 is 1.06 bits per heavy atom. The number of ether oxygens (including phenoxy) is 1. The number of aryl methyl sites for hydroxylation is 1. The summed E-state index contributed by atoms with van der Waals surface area (Å²) in [6.45, 7) is 8.80. The van der Waals surface area contributed by atoms with Crippen LogP contribution in [0.5, 0.6) is 0 Å². The molecule has 0 aliphatic carbocycles. The molecule has 2 heterocycles. The lowest BCUT2D eigenvalue weighted by atomic mass is 10.1. The van der Waals surface area contributed by atoms with E-state index in [1.54, 1.807) is 0 Å². The molecule has 0 spiro atoms. The van der Waals surface area contributed by atoms with Gasteiger partial charge in [0.25, 0.3) is 0 Å². The maximum absolute atomic E-state index is 12.6. The molecule has 3 aromatic rings. The van der Waals surface area contributed by atoms with Crippen molar-refractivity contribution in [3.63, 3.8) is 0 Å². The van der Waals surface area contributed by atoms with Gasteiger partial charge in [-0.2, -0.15) is 0 Å². The molecule has 4 rings (SSSR count). The summed E-state index contributed by atoms with van der Waals surface area (Å²) in [6, 6.07) is 20.7. The van der Waals surface area contributed by atoms with Crippen molar-refractivity contribution in [1.82, 2.24) is 9.80 Å². The van der Waals surface area contributed by atoms with Crippen molar-refractivity contribution in [2.45, 2.75) is 20.4 Å². The summed E-state index contributed by atoms with van der Waals surface area (Å²) in [5.41, 5.74) is 4.21. The van der Waals surface area contributed by atoms with E-state index in [0.29, 0.717) is 17.3 Å². The summed E-state index contributed by atoms with van der Waals surface area (Å²) in [6.07, 6.45) is 0. The van der Waals surface area contributed by atoms with Crippen molar-refractivity contribution in [2.24, 2.45) is 0 Å². The Kier molecular flexibility index (Phi) is 7.75. The fraction of sp³-hybridized carbons (Fsp3) is 0.308. The first-order valence-electron chi connectivity index (χ1n) is 11.2. The Morgan fingerprint density at radius 2 is 1.76 bits per heavy atom. The van der Waals surface area contributed by atoms with E-state index in [1.165, 1.54) is 22.5 Å². The highest BCUT2D eigenvalue weighted by Gasteiger charge is 2.23. The third-order valence-electron chi connectivity index (χ3n) is 5.69. The van der Waals surface area contributed by atoms with Gasteiger partial charge in [-0.25, -0.2) is 4.79 Å².